The number of pyridine rings is 1. The minimum Gasteiger partial charge on any atom is -0.483 e. The van der Waals surface area contributed by atoms with E-state index in [4.69, 9.17) is 26.6 Å². The summed E-state index contributed by atoms with van der Waals surface area (Å²) in [4.78, 5) is 23.1. The summed E-state index contributed by atoms with van der Waals surface area (Å²) in [6, 6.07) is 16.0. The summed E-state index contributed by atoms with van der Waals surface area (Å²) in [6.07, 6.45) is 0.929. The van der Waals surface area contributed by atoms with Crippen molar-refractivity contribution >= 4 is 40.5 Å². The van der Waals surface area contributed by atoms with Crippen LogP contribution in [0.15, 0.2) is 53.3 Å². The summed E-state index contributed by atoms with van der Waals surface area (Å²) in [5, 5.41) is 17.4. The standard InChI is InChI=1S/C26H26ClN3O.C4H10O.CH2O2/c1-5-20-17(3)25-26-21(24(20)18-9-11-19(27)12-10-18)15-16(2)29(26)13-14-30(25)22-7-6-8-23(31)28(22)4;1-4(2,3)5;2-1-3/h6-12,15H,5,13-14H2,1-4H3;5H,1-3H3;1H,(H,2,3). The second-order valence-electron chi connectivity index (χ2n) is 10.6. The molecule has 3 heterocycles. The number of aromatic nitrogens is 2. The van der Waals surface area contributed by atoms with E-state index >= 15 is 0 Å². The van der Waals surface area contributed by atoms with E-state index in [0.717, 1.165) is 30.4 Å². The van der Waals surface area contributed by atoms with E-state index in [0.29, 0.717) is 0 Å². The Balaban J connectivity index is 0.000000466. The summed E-state index contributed by atoms with van der Waals surface area (Å²) in [5.74, 6) is 0.934. The largest absolute Gasteiger partial charge is 0.483 e. The molecule has 208 valence electrons. The van der Waals surface area contributed by atoms with Crippen LogP contribution in [0.4, 0.5) is 11.5 Å². The first-order valence-electron chi connectivity index (χ1n) is 13.0. The van der Waals surface area contributed by atoms with Gasteiger partial charge < -0.3 is 19.7 Å². The van der Waals surface area contributed by atoms with E-state index in [1.165, 1.54) is 44.5 Å². The maximum atomic E-state index is 12.4. The summed E-state index contributed by atoms with van der Waals surface area (Å²) in [5.41, 5.74) is 8.34. The molecule has 0 saturated carbocycles. The van der Waals surface area contributed by atoms with Gasteiger partial charge in [-0.15, -0.1) is 0 Å². The molecule has 0 atom stereocenters. The lowest BCUT2D eigenvalue weighted by Gasteiger charge is -2.35. The molecule has 1 aliphatic heterocycles. The summed E-state index contributed by atoms with van der Waals surface area (Å²) >= 11 is 6.18. The Labute approximate surface area is 234 Å². The number of hydrogen-bond donors (Lipinski definition) is 2. The Morgan fingerprint density at radius 1 is 1.05 bits per heavy atom. The lowest BCUT2D eigenvalue weighted by Crippen LogP contribution is -2.33. The topological polar surface area (TPSA) is 87.7 Å². The van der Waals surface area contributed by atoms with E-state index in [1.54, 1.807) is 31.4 Å². The number of aliphatic hydroxyl groups is 1. The number of carboxylic acid groups (broad SMARTS) is 1. The molecule has 0 spiro atoms. The molecule has 0 radical (unpaired) electrons. The van der Waals surface area contributed by atoms with Gasteiger partial charge in [0.05, 0.1) is 16.8 Å². The van der Waals surface area contributed by atoms with Crippen molar-refractivity contribution in [3.8, 4) is 11.1 Å². The highest BCUT2D eigenvalue weighted by Crippen LogP contribution is 2.46. The number of anilines is 2. The van der Waals surface area contributed by atoms with Gasteiger partial charge >= 0.3 is 0 Å². The van der Waals surface area contributed by atoms with E-state index in [1.807, 2.05) is 31.3 Å². The van der Waals surface area contributed by atoms with Crippen molar-refractivity contribution < 1.29 is 15.0 Å². The molecule has 0 fully saturated rings. The van der Waals surface area contributed by atoms with Crippen molar-refractivity contribution in [2.24, 2.45) is 7.05 Å². The van der Waals surface area contributed by atoms with Gasteiger partial charge in [0, 0.05) is 42.3 Å². The van der Waals surface area contributed by atoms with Gasteiger partial charge in [-0.3, -0.25) is 14.2 Å². The number of hydrogen-bond acceptors (Lipinski definition) is 4. The summed E-state index contributed by atoms with van der Waals surface area (Å²) in [6.45, 7) is 13.3. The van der Waals surface area contributed by atoms with Crippen molar-refractivity contribution in [2.75, 3.05) is 11.4 Å². The summed E-state index contributed by atoms with van der Waals surface area (Å²) < 4.78 is 4.17. The molecule has 0 aliphatic carbocycles. The molecule has 8 heteroatoms. The Morgan fingerprint density at radius 2 is 1.64 bits per heavy atom. The Morgan fingerprint density at radius 3 is 2.21 bits per heavy atom. The van der Waals surface area contributed by atoms with Gasteiger partial charge in [-0.25, -0.2) is 0 Å². The van der Waals surface area contributed by atoms with Crippen LogP contribution < -0.4 is 10.5 Å². The second-order valence-corrected chi connectivity index (χ2v) is 11.0. The number of aryl methyl sites for hydroxylation is 1. The normalized spacial score (nSPS) is 12.4. The minimum atomic E-state index is -0.500. The zero-order valence-electron chi connectivity index (χ0n) is 23.7. The van der Waals surface area contributed by atoms with Crippen molar-refractivity contribution in [2.45, 2.75) is 60.1 Å². The number of carbonyl (C=O) groups is 1. The molecule has 2 aromatic carbocycles. The first-order valence-corrected chi connectivity index (χ1v) is 13.4. The van der Waals surface area contributed by atoms with Crippen LogP contribution >= 0.6 is 11.6 Å². The first kappa shape index (κ1) is 30.0. The van der Waals surface area contributed by atoms with Crippen LogP contribution in [0.2, 0.25) is 5.02 Å². The number of halogens is 1. The van der Waals surface area contributed by atoms with Crippen molar-refractivity contribution in [1.29, 1.82) is 0 Å². The van der Waals surface area contributed by atoms with E-state index in [-0.39, 0.29) is 12.0 Å². The van der Waals surface area contributed by atoms with E-state index in [2.05, 4.69) is 48.4 Å². The predicted octanol–water partition coefficient (Wildman–Crippen LogP) is 6.47. The van der Waals surface area contributed by atoms with Crippen LogP contribution in [-0.2, 0) is 24.8 Å². The van der Waals surface area contributed by atoms with Crippen LogP contribution in [0.1, 0.15) is 44.5 Å². The average molecular weight is 552 g/mol. The summed E-state index contributed by atoms with van der Waals surface area (Å²) in [7, 11) is 1.85. The minimum absolute atomic E-state index is 0.0111. The molecule has 2 aromatic heterocycles. The molecule has 0 amide bonds. The van der Waals surface area contributed by atoms with E-state index in [9.17, 15) is 4.79 Å². The fourth-order valence-electron chi connectivity index (χ4n) is 5.17. The lowest BCUT2D eigenvalue weighted by molar-refractivity contribution is -0.122. The zero-order valence-corrected chi connectivity index (χ0v) is 24.5. The van der Waals surface area contributed by atoms with Crippen molar-refractivity contribution in [3.63, 3.8) is 0 Å². The molecule has 39 heavy (non-hydrogen) atoms. The molecule has 0 unspecified atom stereocenters. The Kier molecular flexibility index (Phi) is 9.30. The lowest BCUT2D eigenvalue weighted by atomic mass is 9.89. The van der Waals surface area contributed by atoms with Gasteiger partial charge in [-0.2, -0.15) is 0 Å². The fraction of sp³-hybridized carbons (Fsp3) is 0.355. The number of benzene rings is 2. The zero-order chi connectivity index (χ0) is 29.1. The first-order chi connectivity index (χ1) is 18.3. The van der Waals surface area contributed by atoms with Crippen LogP contribution in [0, 0.1) is 13.8 Å². The number of nitrogens with zero attached hydrogens (tertiary/aromatic N) is 3. The second kappa shape index (κ2) is 12.1. The van der Waals surface area contributed by atoms with Crippen LogP contribution in [-0.4, -0.2) is 38.0 Å². The molecular weight excluding hydrogens is 514 g/mol. The molecule has 0 saturated heterocycles. The SMILES string of the molecule is CC(C)(C)O.CCc1c(C)c2c3c(cc(C)n3CCN2c2cccc(=O)n2C)c1-c1ccc(Cl)cc1.O=CO. The third-order valence-corrected chi connectivity index (χ3v) is 6.90. The molecule has 0 bridgehead atoms. The molecule has 7 nitrogen and oxygen atoms in total. The maximum Gasteiger partial charge on any atom is 0.290 e. The molecule has 4 aromatic rings. The molecule has 1 aliphatic rings. The van der Waals surface area contributed by atoms with Gasteiger partial charge in [0.1, 0.15) is 5.82 Å². The highest BCUT2D eigenvalue weighted by atomic mass is 35.5. The quantitative estimate of drug-likeness (QED) is 0.285. The maximum absolute atomic E-state index is 12.4. The molecule has 2 N–H and O–H groups in total. The third kappa shape index (κ3) is 6.37. The van der Waals surface area contributed by atoms with Gasteiger partial charge in [-0.05, 0) is 87.6 Å². The number of rotatable bonds is 3. The highest BCUT2D eigenvalue weighted by Gasteiger charge is 2.29. The van der Waals surface area contributed by atoms with Gasteiger partial charge in [-0.1, -0.05) is 36.7 Å². The molecule has 5 rings (SSSR count). The van der Waals surface area contributed by atoms with Crippen LogP contribution in [0.25, 0.3) is 22.0 Å². The fourth-order valence-corrected chi connectivity index (χ4v) is 5.29. The van der Waals surface area contributed by atoms with Crippen LogP contribution in [0.5, 0.6) is 0 Å². The van der Waals surface area contributed by atoms with Crippen molar-refractivity contribution in [1.82, 2.24) is 9.13 Å². The van der Waals surface area contributed by atoms with Gasteiger partial charge in [0.15, 0.2) is 0 Å². The van der Waals surface area contributed by atoms with Gasteiger partial charge in [0.25, 0.3) is 12.0 Å². The third-order valence-electron chi connectivity index (χ3n) is 6.65. The predicted molar refractivity (Wildman–Crippen MR) is 161 cm³/mol. The average Bonchev–Trinajstić information content (AvgIpc) is 3.19. The highest BCUT2D eigenvalue weighted by molar-refractivity contribution is 6.30. The van der Waals surface area contributed by atoms with Crippen molar-refractivity contribution in [3.05, 3.63) is 80.7 Å². The smallest absolute Gasteiger partial charge is 0.290 e. The Hall–Kier alpha value is -3.55. The monoisotopic (exact) mass is 551 g/mol. The molecular formula is C31H38ClN3O4. The Bertz CT molecular complexity index is 1520. The van der Waals surface area contributed by atoms with Crippen LogP contribution in [0.3, 0.4) is 0 Å². The van der Waals surface area contributed by atoms with Gasteiger partial charge in [0.2, 0.25) is 0 Å². The van der Waals surface area contributed by atoms with E-state index < -0.39 is 5.60 Å².